The molecule has 1 aromatic heterocycles. The van der Waals surface area contributed by atoms with E-state index in [-0.39, 0.29) is 28.9 Å². The summed E-state index contributed by atoms with van der Waals surface area (Å²) in [6.07, 6.45) is -0.201. The number of hydrogen-bond acceptors (Lipinski definition) is 6. The van der Waals surface area contributed by atoms with Crippen LogP contribution < -0.4 is 4.90 Å². The van der Waals surface area contributed by atoms with Gasteiger partial charge in [0, 0.05) is 43.8 Å². The van der Waals surface area contributed by atoms with Crippen LogP contribution in [0, 0.1) is 12.8 Å². The Morgan fingerprint density at radius 1 is 1.32 bits per heavy atom. The van der Waals surface area contributed by atoms with Gasteiger partial charge in [-0.3, -0.25) is 0 Å². The summed E-state index contributed by atoms with van der Waals surface area (Å²) < 4.78 is 30.0. The van der Waals surface area contributed by atoms with Crippen LogP contribution in [0.3, 0.4) is 0 Å². The lowest BCUT2D eigenvalue weighted by Gasteiger charge is -2.21. The van der Waals surface area contributed by atoms with Gasteiger partial charge in [-0.05, 0) is 6.92 Å². The average Bonchev–Trinajstić information content (AvgIpc) is 2.98. The van der Waals surface area contributed by atoms with Crippen molar-refractivity contribution >= 4 is 15.7 Å². The summed E-state index contributed by atoms with van der Waals surface area (Å²) in [6, 6.07) is 1.93. The molecule has 0 aromatic carbocycles. The highest BCUT2D eigenvalue weighted by Crippen LogP contribution is 2.37. The molecule has 2 aliphatic rings. The van der Waals surface area contributed by atoms with E-state index in [4.69, 9.17) is 4.74 Å². The van der Waals surface area contributed by atoms with Gasteiger partial charge in [0.2, 0.25) is 0 Å². The summed E-state index contributed by atoms with van der Waals surface area (Å²) in [5.41, 5.74) is 0.914. The van der Waals surface area contributed by atoms with E-state index in [2.05, 4.69) is 28.7 Å². The smallest absolute Gasteiger partial charge is 0.157 e. The summed E-state index contributed by atoms with van der Waals surface area (Å²) in [4.78, 5) is 11.1. The minimum atomic E-state index is -3.07. The van der Waals surface area contributed by atoms with E-state index in [0.29, 0.717) is 13.1 Å². The fourth-order valence-corrected chi connectivity index (χ4v) is 5.73. The van der Waals surface area contributed by atoms with Crippen molar-refractivity contribution in [3.8, 4) is 0 Å². The predicted molar refractivity (Wildman–Crippen MR) is 84.9 cm³/mol. The van der Waals surface area contributed by atoms with Gasteiger partial charge < -0.3 is 9.64 Å². The molecule has 6 nitrogen and oxygen atoms in total. The van der Waals surface area contributed by atoms with Crippen molar-refractivity contribution in [3.63, 3.8) is 0 Å². The third-order valence-corrected chi connectivity index (χ3v) is 6.86. The second-order valence-corrected chi connectivity index (χ2v) is 8.86. The van der Waals surface area contributed by atoms with Gasteiger partial charge in [0.25, 0.3) is 0 Å². The molecule has 22 heavy (non-hydrogen) atoms. The molecule has 2 saturated heterocycles. The zero-order valence-electron chi connectivity index (χ0n) is 13.5. The number of nitrogens with zero attached hydrogens (tertiary/aromatic N) is 3. The molecule has 3 atom stereocenters. The highest BCUT2D eigenvalue weighted by Gasteiger charge is 2.52. The molecule has 2 fully saturated rings. The summed E-state index contributed by atoms with van der Waals surface area (Å²) >= 11 is 0. The van der Waals surface area contributed by atoms with Crippen LogP contribution >= 0.6 is 0 Å². The average molecular weight is 325 g/mol. The number of fused-ring (bicyclic) bond motifs is 1. The summed E-state index contributed by atoms with van der Waals surface area (Å²) in [5, 5.41) is -0.338. The Kier molecular flexibility index (Phi) is 3.89. The van der Waals surface area contributed by atoms with Crippen molar-refractivity contribution in [1.82, 2.24) is 9.97 Å². The number of aryl methyl sites for hydroxylation is 1. The molecule has 0 N–H and O–H groups in total. The van der Waals surface area contributed by atoms with Crippen LogP contribution in [0.5, 0.6) is 0 Å². The molecular weight excluding hydrogens is 302 g/mol. The number of aromatic nitrogens is 2. The van der Waals surface area contributed by atoms with Crippen LogP contribution in [0.4, 0.5) is 5.82 Å². The fourth-order valence-electron chi connectivity index (χ4n) is 3.44. The van der Waals surface area contributed by atoms with Gasteiger partial charge >= 0.3 is 0 Å². The quantitative estimate of drug-likeness (QED) is 0.830. The molecular formula is C15H23N3O3S. The van der Waals surface area contributed by atoms with Gasteiger partial charge in [-0.15, -0.1) is 0 Å². The number of ether oxygens (including phenoxy) is 1. The summed E-state index contributed by atoms with van der Waals surface area (Å²) in [6.45, 7) is 7.24. The number of anilines is 1. The normalized spacial score (nSPS) is 30.0. The van der Waals surface area contributed by atoms with Gasteiger partial charge in [0.15, 0.2) is 9.84 Å². The van der Waals surface area contributed by atoms with Crippen LogP contribution in [0.1, 0.15) is 31.3 Å². The molecule has 0 amide bonds. The number of rotatable bonds is 3. The Morgan fingerprint density at radius 2 is 2.05 bits per heavy atom. The molecule has 0 radical (unpaired) electrons. The topological polar surface area (TPSA) is 72.4 Å². The molecule has 0 unspecified atom stereocenters. The predicted octanol–water partition coefficient (Wildman–Crippen LogP) is 1.16. The zero-order chi connectivity index (χ0) is 16.1. The first kappa shape index (κ1) is 15.7. The minimum Gasteiger partial charge on any atom is -0.380 e. The van der Waals surface area contributed by atoms with Crippen molar-refractivity contribution in [3.05, 3.63) is 17.6 Å². The highest BCUT2D eigenvalue weighted by molar-refractivity contribution is 7.92. The Balaban J connectivity index is 1.90. The van der Waals surface area contributed by atoms with Crippen LogP contribution in [0.2, 0.25) is 0 Å². The van der Waals surface area contributed by atoms with E-state index in [1.165, 1.54) is 0 Å². The van der Waals surface area contributed by atoms with Gasteiger partial charge in [-0.25, -0.2) is 18.4 Å². The zero-order valence-corrected chi connectivity index (χ0v) is 14.3. The molecule has 0 bridgehead atoms. The van der Waals surface area contributed by atoms with Gasteiger partial charge in [0.05, 0.1) is 17.1 Å². The number of sulfone groups is 1. The van der Waals surface area contributed by atoms with E-state index in [1.54, 1.807) is 7.11 Å². The monoisotopic (exact) mass is 325 g/mol. The van der Waals surface area contributed by atoms with E-state index < -0.39 is 9.84 Å². The van der Waals surface area contributed by atoms with Crippen molar-refractivity contribution in [2.24, 2.45) is 5.92 Å². The molecule has 2 aliphatic heterocycles. The highest BCUT2D eigenvalue weighted by atomic mass is 32.2. The van der Waals surface area contributed by atoms with E-state index in [1.807, 2.05) is 13.0 Å². The Bertz CT molecular complexity index is 675. The molecule has 3 rings (SSSR count). The second-order valence-electron chi connectivity index (χ2n) is 6.59. The van der Waals surface area contributed by atoms with Crippen molar-refractivity contribution in [2.75, 3.05) is 30.9 Å². The van der Waals surface area contributed by atoms with E-state index in [9.17, 15) is 8.42 Å². The van der Waals surface area contributed by atoms with E-state index in [0.717, 1.165) is 17.3 Å². The molecule has 0 spiro atoms. The SMILES string of the molecule is CO[C@@H]1CS(=O)(=O)[C@@H]2CN(c3cc(C)nc(C(C)C)n3)C[C@@H]21. The molecule has 1 aromatic rings. The Labute approximate surface area is 131 Å². The van der Waals surface area contributed by atoms with Crippen molar-refractivity contribution < 1.29 is 13.2 Å². The Morgan fingerprint density at radius 3 is 2.68 bits per heavy atom. The lowest BCUT2D eigenvalue weighted by atomic mass is 10.0. The van der Waals surface area contributed by atoms with Crippen molar-refractivity contribution in [1.29, 1.82) is 0 Å². The first-order chi connectivity index (χ1) is 10.3. The van der Waals surface area contributed by atoms with Gasteiger partial charge in [-0.1, -0.05) is 13.8 Å². The standard InChI is InChI=1S/C15H23N3O3S/c1-9(2)15-16-10(3)5-14(17-15)18-6-11-12(21-4)8-22(19,20)13(11)7-18/h5,9,11-13H,6-8H2,1-4H3/t11-,12-,13-/m1/s1. The fraction of sp³-hybridized carbons (Fsp3) is 0.733. The molecule has 7 heteroatoms. The second kappa shape index (κ2) is 5.45. The maximum atomic E-state index is 12.3. The lowest BCUT2D eigenvalue weighted by Crippen LogP contribution is -2.29. The Hall–Kier alpha value is -1.21. The van der Waals surface area contributed by atoms with Crippen LogP contribution in [0.15, 0.2) is 6.07 Å². The third kappa shape index (κ3) is 2.60. The maximum Gasteiger partial charge on any atom is 0.157 e. The van der Waals surface area contributed by atoms with Crippen LogP contribution in [0.25, 0.3) is 0 Å². The van der Waals surface area contributed by atoms with Crippen molar-refractivity contribution in [2.45, 2.75) is 38.0 Å². The van der Waals surface area contributed by atoms with Gasteiger partial charge in [0.1, 0.15) is 11.6 Å². The molecule has 0 aliphatic carbocycles. The number of hydrogen-bond donors (Lipinski definition) is 0. The summed E-state index contributed by atoms with van der Waals surface area (Å²) in [5.74, 6) is 2.06. The van der Waals surface area contributed by atoms with Gasteiger partial charge in [-0.2, -0.15) is 0 Å². The van der Waals surface area contributed by atoms with Crippen LogP contribution in [-0.2, 0) is 14.6 Å². The van der Waals surface area contributed by atoms with E-state index >= 15 is 0 Å². The molecule has 122 valence electrons. The maximum absolute atomic E-state index is 12.3. The summed E-state index contributed by atoms with van der Waals surface area (Å²) in [7, 11) is -1.48. The lowest BCUT2D eigenvalue weighted by molar-refractivity contribution is 0.0870. The third-order valence-electron chi connectivity index (χ3n) is 4.65. The minimum absolute atomic E-state index is 0.0350. The number of methoxy groups -OCH3 is 1. The molecule has 0 saturated carbocycles. The van der Waals surface area contributed by atoms with Crippen LogP contribution in [-0.4, -0.2) is 55.7 Å². The largest absolute Gasteiger partial charge is 0.380 e. The molecule has 3 heterocycles. The first-order valence-electron chi connectivity index (χ1n) is 7.66. The first-order valence-corrected chi connectivity index (χ1v) is 9.38.